The van der Waals surface area contributed by atoms with Crippen LogP contribution in [0.5, 0.6) is 0 Å². The third-order valence-electron chi connectivity index (χ3n) is 6.51. The Bertz CT molecular complexity index is 1340. The fourth-order valence-corrected chi connectivity index (χ4v) is 4.55. The summed E-state index contributed by atoms with van der Waals surface area (Å²) in [6.07, 6.45) is 2.04. The van der Waals surface area contributed by atoms with Crippen molar-refractivity contribution in [3.8, 4) is 0 Å². The number of fused-ring (bicyclic) bond motifs is 1. The van der Waals surface area contributed by atoms with Gasteiger partial charge in [0.05, 0.1) is 17.0 Å². The number of anilines is 1. The van der Waals surface area contributed by atoms with Crippen LogP contribution in [0.3, 0.4) is 0 Å². The summed E-state index contributed by atoms with van der Waals surface area (Å²) in [4.78, 5) is 48.7. The number of halogens is 1. The number of hydrogen-bond acceptors (Lipinski definition) is 6. The van der Waals surface area contributed by atoms with Crippen LogP contribution < -0.4 is 21.5 Å². The number of amides is 1. The number of H-pyrrole nitrogens is 1. The lowest BCUT2D eigenvalue weighted by atomic mass is 10.0. The molecule has 0 saturated carbocycles. The number of nitrogens with zero attached hydrogens (tertiary/aromatic N) is 4. The molecule has 10 heteroatoms. The van der Waals surface area contributed by atoms with Gasteiger partial charge in [0.1, 0.15) is 11.5 Å². The van der Waals surface area contributed by atoms with Crippen LogP contribution in [0.25, 0.3) is 11.0 Å². The first-order valence-corrected chi connectivity index (χ1v) is 12.0. The second-order valence-electron chi connectivity index (χ2n) is 8.83. The van der Waals surface area contributed by atoms with Gasteiger partial charge in [0.25, 0.3) is 11.5 Å². The highest BCUT2D eigenvalue weighted by atomic mass is 19.1. The second kappa shape index (κ2) is 10.4. The highest BCUT2D eigenvalue weighted by Gasteiger charge is 2.22. The van der Waals surface area contributed by atoms with Crippen LogP contribution in [0.2, 0.25) is 0 Å². The highest BCUT2D eigenvalue weighted by Crippen LogP contribution is 2.28. The molecule has 0 radical (unpaired) electrons. The molecule has 0 bridgehead atoms. The summed E-state index contributed by atoms with van der Waals surface area (Å²) in [6.45, 7) is 10.7. The van der Waals surface area contributed by atoms with Crippen LogP contribution in [0, 0.1) is 5.82 Å². The predicted octanol–water partition coefficient (Wildman–Crippen LogP) is 2.27. The Hall–Kier alpha value is -3.53. The summed E-state index contributed by atoms with van der Waals surface area (Å²) in [6, 6.07) is 5.61. The van der Waals surface area contributed by atoms with E-state index in [-0.39, 0.29) is 22.4 Å². The number of nitrogens with one attached hydrogen (secondary N) is 2. The van der Waals surface area contributed by atoms with E-state index in [0.29, 0.717) is 18.5 Å². The standard InChI is InChI=1S/C25H31FN6O3/c1-4-8-32-22-20(24(34)29-25(32)35)13-17(15-27-22)23(33)28-16(3)19-14-18(26)6-7-21(19)31-11-9-30(5-2)10-12-31/h6-7,13-16H,4-5,8-12H2,1-3H3,(H,28,33)(H,29,34,35). The van der Waals surface area contributed by atoms with E-state index in [4.69, 9.17) is 0 Å². The molecule has 35 heavy (non-hydrogen) atoms. The molecule has 1 atom stereocenters. The summed E-state index contributed by atoms with van der Waals surface area (Å²) in [7, 11) is 0. The van der Waals surface area contributed by atoms with Gasteiger partial charge in [-0.25, -0.2) is 14.2 Å². The molecule has 3 heterocycles. The molecule has 1 aliphatic rings. The van der Waals surface area contributed by atoms with Gasteiger partial charge in [-0.15, -0.1) is 0 Å². The normalized spacial score (nSPS) is 15.4. The molecule has 3 aromatic rings. The van der Waals surface area contributed by atoms with Crippen molar-refractivity contribution in [1.29, 1.82) is 0 Å². The summed E-state index contributed by atoms with van der Waals surface area (Å²) in [5.41, 5.74) is 0.889. The smallest absolute Gasteiger partial charge is 0.329 e. The van der Waals surface area contributed by atoms with E-state index in [9.17, 15) is 18.8 Å². The van der Waals surface area contributed by atoms with Crippen molar-refractivity contribution in [2.75, 3.05) is 37.6 Å². The van der Waals surface area contributed by atoms with Gasteiger partial charge in [-0.2, -0.15) is 0 Å². The SMILES string of the molecule is CCCn1c(=O)[nH]c(=O)c2cc(C(=O)NC(C)c3cc(F)ccc3N3CCN(CC)CC3)cnc21. The first-order valence-electron chi connectivity index (χ1n) is 12.0. The van der Waals surface area contributed by atoms with E-state index in [0.717, 1.165) is 38.4 Å². The fraction of sp³-hybridized carbons (Fsp3) is 0.440. The molecule has 1 amide bonds. The van der Waals surface area contributed by atoms with Crippen molar-refractivity contribution in [1.82, 2.24) is 24.8 Å². The average Bonchev–Trinajstić information content (AvgIpc) is 2.86. The molecule has 1 aromatic carbocycles. The number of hydrogen-bond donors (Lipinski definition) is 2. The maximum Gasteiger partial charge on any atom is 0.329 e. The minimum atomic E-state index is -0.591. The molecular formula is C25H31FN6O3. The lowest BCUT2D eigenvalue weighted by Crippen LogP contribution is -2.46. The van der Waals surface area contributed by atoms with Crippen molar-refractivity contribution in [3.63, 3.8) is 0 Å². The van der Waals surface area contributed by atoms with Crippen LogP contribution in [-0.2, 0) is 6.54 Å². The lowest BCUT2D eigenvalue weighted by Gasteiger charge is -2.37. The Morgan fingerprint density at radius 2 is 1.91 bits per heavy atom. The zero-order valence-corrected chi connectivity index (χ0v) is 20.3. The summed E-state index contributed by atoms with van der Waals surface area (Å²) in [5.74, 6) is -0.810. The maximum atomic E-state index is 14.2. The highest BCUT2D eigenvalue weighted by molar-refractivity contribution is 5.97. The first-order chi connectivity index (χ1) is 16.8. The summed E-state index contributed by atoms with van der Waals surface area (Å²) < 4.78 is 15.6. The molecule has 1 saturated heterocycles. The molecular weight excluding hydrogens is 451 g/mol. The molecule has 0 spiro atoms. The minimum Gasteiger partial charge on any atom is -0.369 e. The lowest BCUT2D eigenvalue weighted by molar-refractivity contribution is 0.0939. The van der Waals surface area contributed by atoms with Gasteiger partial charge in [0.15, 0.2) is 0 Å². The van der Waals surface area contributed by atoms with Crippen molar-refractivity contribution in [2.24, 2.45) is 0 Å². The molecule has 2 N–H and O–H groups in total. The largest absolute Gasteiger partial charge is 0.369 e. The van der Waals surface area contributed by atoms with E-state index in [1.807, 2.05) is 6.92 Å². The number of carbonyl (C=O) groups is 1. The van der Waals surface area contributed by atoms with E-state index >= 15 is 0 Å². The zero-order valence-electron chi connectivity index (χ0n) is 20.3. The Morgan fingerprint density at radius 1 is 1.17 bits per heavy atom. The molecule has 9 nitrogen and oxygen atoms in total. The number of pyridine rings is 1. The third kappa shape index (κ3) is 5.12. The first kappa shape index (κ1) is 24.6. The van der Waals surface area contributed by atoms with E-state index < -0.39 is 23.2 Å². The Balaban J connectivity index is 1.60. The van der Waals surface area contributed by atoms with Gasteiger partial charge in [-0.1, -0.05) is 13.8 Å². The van der Waals surface area contributed by atoms with Crippen molar-refractivity contribution < 1.29 is 9.18 Å². The molecule has 1 unspecified atom stereocenters. The monoisotopic (exact) mass is 482 g/mol. The number of benzene rings is 1. The van der Waals surface area contributed by atoms with Gasteiger partial charge in [-0.05, 0) is 44.2 Å². The predicted molar refractivity (Wildman–Crippen MR) is 134 cm³/mol. The average molecular weight is 483 g/mol. The van der Waals surface area contributed by atoms with Gasteiger partial charge >= 0.3 is 5.69 Å². The van der Waals surface area contributed by atoms with Crippen molar-refractivity contribution in [2.45, 2.75) is 39.8 Å². The quantitative estimate of drug-likeness (QED) is 0.536. The number of piperazine rings is 1. The van der Waals surface area contributed by atoms with Gasteiger partial charge < -0.3 is 15.1 Å². The Labute approximate surface area is 202 Å². The summed E-state index contributed by atoms with van der Waals surface area (Å²) >= 11 is 0. The van der Waals surface area contributed by atoms with Crippen LogP contribution >= 0.6 is 0 Å². The number of aromatic nitrogens is 3. The fourth-order valence-electron chi connectivity index (χ4n) is 4.55. The number of likely N-dealkylation sites (N-methyl/N-ethyl adjacent to an activating group) is 1. The van der Waals surface area contributed by atoms with Gasteiger partial charge in [0.2, 0.25) is 0 Å². The van der Waals surface area contributed by atoms with Crippen molar-refractivity contribution in [3.05, 3.63) is 68.2 Å². The van der Waals surface area contributed by atoms with Crippen LogP contribution in [0.15, 0.2) is 40.1 Å². The number of rotatable bonds is 7. The molecule has 1 fully saturated rings. The Kier molecular flexibility index (Phi) is 7.30. The molecule has 4 rings (SSSR count). The van der Waals surface area contributed by atoms with Crippen LogP contribution in [0.4, 0.5) is 10.1 Å². The second-order valence-corrected chi connectivity index (χ2v) is 8.83. The zero-order chi connectivity index (χ0) is 25.1. The molecule has 1 aliphatic heterocycles. The Morgan fingerprint density at radius 3 is 2.60 bits per heavy atom. The molecule has 0 aliphatic carbocycles. The molecule has 186 valence electrons. The van der Waals surface area contributed by atoms with Gasteiger partial charge in [0, 0.05) is 50.2 Å². The number of aryl methyl sites for hydroxylation is 1. The minimum absolute atomic E-state index is 0.165. The summed E-state index contributed by atoms with van der Waals surface area (Å²) in [5, 5.41) is 3.08. The number of carbonyl (C=O) groups excluding carboxylic acids is 1. The van der Waals surface area contributed by atoms with Crippen LogP contribution in [0.1, 0.15) is 49.2 Å². The van der Waals surface area contributed by atoms with E-state index in [1.165, 1.54) is 29.0 Å². The van der Waals surface area contributed by atoms with E-state index in [2.05, 4.69) is 32.0 Å². The molecule has 2 aromatic heterocycles. The van der Waals surface area contributed by atoms with Gasteiger partial charge in [-0.3, -0.25) is 19.1 Å². The maximum absolute atomic E-state index is 14.2. The third-order valence-corrected chi connectivity index (χ3v) is 6.51. The van der Waals surface area contributed by atoms with Crippen LogP contribution in [-0.4, -0.2) is 58.1 Å². The van der Waals surface area contributed by atoms with E-state index in [1.54, 1.807) is 13.0 Å². The topological polar surface area (TPSA) is 103 Å². The van der Waals surface area contributed by atoms with Crippen molar-refractivity contribution >= 4 is 22.6 Å². The number of aromatic amines is 1.